The maximum atomic E-state index is 12.1. The van der Waals surface area contributed by atoms with Gasteiger partial charge in [-0.3, -0.25) is 14.6 Å². The first-order chi connectivity index (χ1) is 11.5. The molecule has 0 bridgehead atoms. The predicted molar refractivity (Wildman–Crippen MR) is 84.3 cm³/mol. The van der Waals surface area contributed by atoms with Crippen LogP contribution in [0.5, 0.6) is 0 Å². The van der Waals surface area contributed by atoms with Crippen LogP contribution >= 0.6 is 0 Å². The molecule has 24 heavy (non-hydrogen) atoms. The van der Waals surface area contributed by atoms with Crippen LogP contribution in [-0.4, -0.2) is 60.6 Å². The first kappa shape index (κ1) is 16.4. The van der Waals surface area contributed by atoms with Crippen molar-refractivity contribution in [3.63, 3.8) is 0 Å². The summed E-state index contributed by atoms with van der Waals surface area (Å²) in [6, 6.07) is 0. The highest BCUT2D eigenvalue weighted by Crippen LogP contribution is 2.22. The van der Waals surface area contributed by atoms with E-state index in [1.54, 1.807) is 17.3 Å². The molecule has 1 aliphatic heterocycles. The number of nitrogens with zero attached hydrogens (tertiary/aromatic N) is 4. The number of carbonyl (C=O) groups excluding carboxylic acids is 1. The highest BCUT2D eigenvalue weighted by Gasteiger charge is 2.34. The van der Waals surface area contributed by atoms with Gasteiger partial charge in [0, 0.05) is 50.4 Å². The van der Waals surface area contributed by atoms with Crippen LogP contribution in [-0.2, 0) is 16.0 Å². The monoisotopic (exact) mass is 332 g/mol. The standard InChI is InChI=1S/C16H20N4O4/c21-13-10-20(15(22)2-1-3-16(23)24)8-11(13)6-12-9-19-5-4-17-14(19)7-18-12/h4-5,7,9,11,13,21H,1-3,6,8,10H2,(H,23,24)/t11-,13+/m0/s1. The Morgan fingerprint density at radius 3 is 2.88 bits per heavy atom. The van der Waals surface area contributed by atoms with Crippen LogP contribution in [0, 0.1) is 5.92 Å². The van der Waals surface area contributed by atoms with Crippen LogP contribution in [0.3, 0.4) is 0 Å². The third-order valence-corrected chi connectivity index (χ3v) is 4.34. The number of amides is 1. The Hall–Kier alpha value is -2.48. The molecule has 0 aliphatic carbocycles. The summed E-state index contributed by atoms with van der Waals surface area (Å²) in [4.78, 5) is 32.7. The number of aromatic nitrogens is 3. The molecule has 0 saturated carbocycles. The lowest BCUT2D eigenvalue weighted by Gasteiger charge is -2.15. The van der Waals surface area contributed by atoms with Crippen LogP contribution in [0.25, 0.3) is 5.65 Å². The molecule has 3 rings (SSSR count). The first-order valence-corrected chi connectivity index (χ1v) is 7.98. The summed E-state index contributed by atoms with van der Waals surface area (Å²) in [6.07, 6.45) is 7.60. The van der Waals surface area contributed by atoms with Crippen molar-refractivity contribution in [2.45, 2.75) is 31.8 Å². The van der Waals surface area contributed by atoms with E-state index in [4.69, 9.17) is 5.11 Å². The minimum atomic E-state index is -0.900. The Labute approximate surface area is 138 Å². The Kier molecular flexibility index (Phi) is 4.75. The van der Waals surface area contributed by atoms with Crippen molar-refractivity contribution in [3.8, 4) is 0 Å². The number of hydrogen-bond donors (Lipinski definition) is 2. The number of fused-ring (bicyclic) bond motifs is 1. The molecule has 8 nitrogen and oxygen atoms in total. The van der Waals surface area contributed by atoms with Crippen molar-refractivity contribution in [1.29, 1.82) is 0 Å². The van der Waals surface area contributed by atoms with Crippen LogP contribution in [0.2, 0.25) is 0 Å². The number of aliphatic hydroxyl groups excluding tert-OH is 1. The average Bonchev–Trinajstić information content (AvgIpc) is 3.13. The summed E-state index contributed by atoms with van der Waals surface area (Å²) in [5, 5.41) is 18.8. The second-order valence-electron chi connectivity index (χ2n) is 6.15. The van der Waals surface area contributed by atoms with Gasteiger partial charge in [0.2, 0.25) is 5.91 Å². The topological polar surface area (TPSA) is 108 Å². The molecule has 2 atom stereocenters. The smallest absolute Gasteiger partial charge is 0.303 e. The zero-order valence-electron chi connectivity index (χ0n) is 13.2. The van der Waals surface area contributed by atoms with Gasteiger partial charge in [-0.05, 0) is 12.8 Å². The molecule has 8 heteroatoms. The van der Waals surface area contributed by atoms with E-state index in [0.717, 1.165) is 11.3 Å². The molecule has 3 heterocycles. The van der Waals surface area contributed by atoms with E-state index in [-0.39, 0.29) is 24.7 Å². The van der Waals surface area contributed by atoms with Gasteiger partial charge in [0.1, 0.15) is 0 Å². The molecule has 0 unspecified atom stereocenters. The van der Waals surface area contributed by atoms with Gasteiger partial charge in [0.05, 0.1) is 18.0 Å². The highest BCUT2D eigenvalue weighted by molar-refractivity contribution is 5.77. The summed E-state index contributed by atoms with van der Waals surface area (Å²) in [5.74, 6) is -1.07. The van der Waals surface area contributed by atoms with Gasteiger partial charge in [-0.25, -0.2) is 4.98 Å². The number of aliphatic carboxylic acids is 1. The highest BCUT2D eigenvalue weighted by atomic mass is 16.4. The Morgan fingerprint density at radius 2 is 2.08 bits per heavy atom. The van der Waals surface area contributed by atoms with E-state index in [9.17, 15) is 14.7 Å². The van der Waals surface area contributed by atoms with Crippen molar-refractivity contribution >= 4 is 17.5 Å². The van der Waals surface area contributed by atoms with Crippen molar-refractivity contribution in [3.05, 3.63) is 30.5 Å². The predicted octanol–water partition coefficient (Wildman–Crippen LogP) is 0.346. The molecule has 0 radical (unpaired) electrons. The van der Waals surface area contributed by atoms with Gasteiger partial charge in [0.15, 0.2) is 5.65 Å². The van der Waals surface area contributed by atoms with Gasteiger partial charge in [-0.1, -0.05) is 0 Å². The zero-order valence-corrected chi connectivity index (χ0v) is 13.2. The number of likely N-dealkylation sites (tertiary alicyclic amines) is 1. The molecule has 1 saturated heterocycles. The van der Waals surface area contributed by atoms with E-state index < -0.39 is 12.1 Å². The Bertz CT molecular complexity index is 745. The van der Waals surface area contributed by atoms with Crippen LogP contribution in [0.1, 0.15) is 25.0 Å². The molecule has 2 N–H and O–H groups in total. The maximum Gasteiger partial charge on any atom is 0.303 e. The third kappa shape index (κ3) is 3.70. The summed E-state index contributed by atoms with van der Waals surface area (Å²) in [5.41, 5.74) is 1.60. The summed E-state index contributed by atoms with van der Waals surface area (Å²) in [7, 11) is 0. The second kappa shape index (κ2) is 6.96. The molecule has 0 spiro atoms. The number of imidazole rings is 1. The van der Waals surface area contributed by atoms with Gasteiger partial charge in [-0.2, -0.15) is 0 Å². The SMILES string of the molecule is O=C(O)CCCC(=O)N1C[C@H](Cc2cn3ccnc3cn2)[C@H](O)C1. The maximum absolute atomic E-state index is 12.1. The van der Waals surface area contributed by atoms with E-state index in [1.165, 1.54) is 0 Å². The number of hydrogen-bond acceptors (Lipinski definition) is 5. The van der Waals surface area contributed by atoms with E-state index in [2.05, 4.69) is 9.97 Å². The first-order valence-electron chi connectivity index (χ1n) is 7.98. The van der Waals surface area contributed by atoms with Gasteiger partial charge in [0.25, 0.3) is 0 Å². The van der Waals surface area contributed by atoms with Crippen LogP contribution in [0.15, 0.2) is 24.8 Å². The number of carboxylic acid groups (broad SMARTS) is 1. The van der Waals surface area contributed by atoms with Gasteiger partial charge >= 0.3 is 5.97 Å². The van der Waals surface area contributed by atoms with Gasteiger partial charge < -0.3 is 19.5 Å². The second-order valence-corrected chi connectivity index (χ2v) is 6.15. The summed E-state index contributed by atoms with van der Waals surface area (Å²) < 4.78 is 1.87. The lowest BCUT2D eigenvalue weighted by Crippen LogP contribution is -2.29. The molecule has 1 fully saturated rings. The number of carbonyl (C=O) groups is 2. The Balaban J connectivity index is 1.57. The number of β-amino-alcohol motifs (C(OH)–C–C–N with tert-alkyl or cyclic N) is 1. The van der Waals surface area contributed by atoms with Crippen molar-refractivity contribution in [2.24, 2.45) is 5.92 Å². The molecule has 128 valence electrons. The number of aliphatic hydroxyl groups is 1. The molecule has 2 aromatic rings. The molecular weight excluding hydrogens is 312 g/mol. The van der Waals surface area contributed by atoms with E-state index in [0.29, 0.717) is 25.9 Å². The summed E-state index contributed by atoms with van der Waals surface area (Å²) in [6.45, 7) is 0.764. The van der Waals surface area contributed by atoms with Crippen LogP contribution in [0.4, 0.5) is 0 Å². The van der Waals surface area contributed by atoms with Crippen molar-refractivity contribution in [1.82, 2.24) is 19.3 Å². The molecule has 0 aromatic carbocycles. The lowest BCUT2D eigenvalue weighted by molar-refractivity contribution is -0.137. The largest absolute Gasteiger partial charge is 0.481 e. The van der Waals surface area contributed by atoms with E-state index in [1.807, 2.05) is 16.8 Å². The molecule has 1 aliphatic rings. The minimum Gasteiger partial charge on any atom is -0.481 e. The average molecular weight is 332 g/mol. The third-order valence-electron chi connectivity index (χ3n) is 4.34. The Morgan fingerprint density at radius 1 is 1.25 bits per heavy atom. The van der Waals surface area contributed by atoms with Crippen molar-refractivity contribution in [2.75, 3.05) is 13.1 Å². The number of rotatable bonds is 6. The normalized spacial score (nSPS) is 20.6. The van der Waals surface area contributed by atoms with Crippen molar-refractivity contribution < 1.29 is 19.8 Å². The minimum absolute atomic E-state index is 0.0135. The molecule has 1 amide bonds. The fourth-order valence-electron chi connectivity index (χ4n) is 3.05. The van der Waals surface area contributed by atoms with Gasteiger partial charge in [-0.15, -0.1) is 0 Å². The fourth-order valence-corrected chi connectivity index (χ4v) is 3.05. The zero-order chi connectivity index (χ0) is 17.1. The fraction of sp³-hybridized carbons (Fsp3) is 0.500. The molecule has 2 aromatic heterocycles. The quantitative estimate of drug-likeness (QED) is 0.790. The molecular formula is C16H20N4O4. The lowest BCUT2D eigenvalue weighted by atomic mass is 10.0. The van der Waals surface area contributed by atoms with Crippen LogP contribution < -0.4 is 0 Å². The summed E-state index contributed by atoms with van der Waals surface area (Å²) >= 11 is 0. The number of carboxylic acids is 1. The van der Waals surface area contributed by atoms with E-state index >= 15 is 0 Å².